The average molecular weight is 422 g/mol. The van der Waals surface area contributed by atoms with Gasteiger partial charge in [0, 0.05) is 18.7 Å². The topological polar surface area (TPSA) is 83.3 Å². The van der Waals surface area contributed by atoms with Gasteiger partial charge in [-0.2, -0.15) is 0 Å². The lowest BCUT2D eigenvalue weighted by Gasteiger charge is -2.31. The second-order valence-corrected chi connectivity index (χ2v) is 8.16. The van der Waals surface area contributed by atoms with Crippen molar-refractivity contribution in [1.29, 1.82) is 0 Å². The SMILES string of the molecule is COC(=O)c1ccc(C=C2Oc3c(C[NH+]4CCN(C)CC4)c([O-])cc(C)c3C2=O)cc1. The number of likely N-dealkylation sites (N-methyl/N-ethyl adjacent to an activating group) is 1. The molecule has 31 heavy (non-hydrogen) atoms. The largest absolute Gasteiger partial charge is 0.872 e. The van der Waals surface area contributed by atoms with Crippen LogP contribution in [0.4, 0.5) is 0 Å². The average Bonchev–Trinajstić information content (AvgIpc) is 3.08. The van der Waals surface area contributed by atoms with Crippen LogP contribution in [0.2, 0.25) is 0 Å². The number of ether oxygens (including phenoxy) is 2. The van der Waals surface area contributed by atoms with E-state index in [0.717, 1.165) is 31.7 Å². The van der Waals surface area contributed by atoms with Gasteiger partial charge in [-0.3, -0.25) is 9.69 Å². The van der Waals surface area contributed by atoms with E-state index in [9.17, 15) is 14.7 Å². The Morgan fingerprint density at radius 1 is 1.26 bits per heavy atom. The number of methoxy groups -OCH3 is 1. The number of piperazine rings is 1. The van der Waals surface area contributed by atoms with Crippen molar-refractivity contribution in [2.75, 3.05) is 40.3 Å². The van der Waals surface area contributed by atoms with Gasteiger partial charge in [0.15, 0.2) is 5.76 Å². The second-order valence-electron chi connectivity index (χ2n) is 8.16. The zero-order valence-electron chi connectivity index (χ0n) is 18.0. The van der Waals surface area contributed by atoms with E-state index in [0.29, 0.717) is 34.5 Å². The van der Waals surface area contributed by atoms with E-state index in [2.05, 4.69) is 11.9 Å². The summed E-state index contributed by atoms with van der Waals surface area (Å²) in [7, 11) is 3.42. The van der Waals surface area contributed by atoms with Crippen LogP contribution in [0.3, 0.4) is 0 Å². The van der Waals surface area contributed by atoms with Crippen molar-refractivity contribution in [3.8, 4) is 11.5 Å². The summed E-state index contributed by atoms with van der Waals surface area (Å²) in [5.41, 5.74) is 2.82. The van der Waals surface area contributed by atoms with Crippen molar-refractivity contribution in [2.24, 2.45) is 0 Å². The minimum absolute atomic E-state index is 0.0841. The summed E-state index contributed by atoms with van der Waals surface area (Å²) in [4.78, 5) is 28.3. The van der Waals surface area contributed by atoms with Crippen molar-refractivity contribution in [1.82, 2.24) is 4.90 Å². The lowest BCUT2D eigenvalue weighted by Crippen LogP contribution is -3.13. The Balaban J connectivity index is 1.62. The molecule has 0 atom stereocenters. The summed E-state index contributed by atoms with van der Waals surface area (Å²) in [5, 5.41) is 12.8. The summed E-state index contributed by atoms with van der Waals surface area (Å²) in [6, 6.07) is 8.25. The summed E-state index contributed by atoms with van der Waals surface area (Å²) in [6.45, 7) is 6.16. The van der Waals surface area contributed by atoms with Gasteiger partial charge in [-0.15, -0.1) is 0 Å². The number of quaternary nitrogens is 1. The Morgan fingerprint density at radius 3 is 2.58 bits per heavy atom. The van der Waals surface area contributed by atoms with Crippen LogP contribution in [-0.2, 0) is 11.3 Å². The van der Waals surface area contributed by atoms with E-state index in [1.165, 1.54) is 12.0 Å². The van der Waals surface area contributed by atoms with Crippen molar-refractivity contribution in [2.45, 2.75) is 13.5 Å². The first-order valence-corrected chi connectivity index (χ1v) is 10.4. The maximum atomic E-state index is 13.1. The van der Waals surface area contributed by atoms with Crippen LogP contribution in [0.1, 0.15) is 37.4 Å². The molecule has 0 radical (unpaired) electrons. The van der Waals surface area contributed by atoms with Crippen LogP contribution in [0.5, 0.6) is 11.5 Å². The lowest BCUT2D eigenvalue weighted by molar-refractivity contribution is -0.918. The van der Waals surface area contributed by atoms with Crippen molar-refractivity contribution in [3.05, 3.63) is 63.9 Å². The first-order chi connectivity index (χ1) is 14.9. The van der Waals surface area contributed by atoms with Gasteiger partial charge < -0.3 is 19.5 Å². The van der Waals surface area contributed by atoms with E-state index in [1.807, 2.05) is 0 Å². The zero-order chi connectivity index (χ0) is 22.1. The number of carbonyl (C=O) groups is 2. The molecule has 7 heteroatoms. The van der Waals surface area contributed by atoms with Crippen LogP contribution >= 0.6 is 0 Å². The predicted octanol–water partition coefficient (Wildman–Crippen LogP) is 0.802. The van der Waals surface area contributed by atoms with Gasteiger partial charge >= 0.3 is 5.97 Å². The first-order valence-electron chi connectivity index (χ1n) is 10.4. The van der Waals surface area contributed by atoms with Gasteiger partial charge in [-0.05, 0) is 43.3 Å². The zero-order valence-corrected chi connectivity index (χ0v) is 18.0. The molecule has 0 spiro atoms. The minimum Gasteiger partial charge on any atom is -0.872 e. The molecule has 0 amide bonds. The van der Waals surface area contributed by atoms with Crippen LogP contribution in [0, 0.1) is 6.92 Å². The minimum atomic E-state index is -0.422. The fourth-order valence-corrected chi connectivity index (χ4v) is 4.08. The number of benzene rings is 2. The number of hydrogen-bond acceptors (Lipinski definition) is 6. The van der Waals surface area contributed by atoms with Gasteiger partial charge in [-0.1, -0.05) is 23.9 Å². The van der Waals surface area contributed by atoms with Crippen molar-refractivity contribution < 1.29 is 29.1 Å². The summed E-state index contributed by atoms with van der Waals surface area (Å²) >= 11 is 0. The van der Waals surface area contributed by atoms with E-state index in [4.69, 9.17) is 9.47 Å². The highest BCUT2D eigenvalue weighted by Crippen LogP contribution is 2.40. The molecule has 162 valence electrons. The van der Waals surface area contributed by atoms with Crippen molar-refractivity contribution >= 4 is 17.8 Å². The Kier molecular flexibility index (Phi) is 5.80. The van der Waals surface area contributed by atoms with Crippen LogP contribution in [-0.4, -0.2) is 57.0 Å². The number of esters is 1. The summed E-state index contributed by atoms with van der Waals surface area (Å²) in [6.07, 6.45) is 1.64. The third-order valence-electron chi connectivity index (χ3n) is 5.95. The number of Topliss-reactive ketones (excluding diaryl/α,β-unsaturated/α-hetero) is 1. The molecule has 0 aromatic heterocycles. The Labute approximate surface area is 181 Å². The first kappa shape index (κ1) is 21.1. The van der Waals surface area contributed by atoms with Crippen LogP contribution < -0.4 is 14.7 Å². The van der Waals surface area contributed by atoms with Gasteiger partial charge in [0.25, 0.3) is 0 Å². The molecule has 0 aliphatic carbocycles. The normalized spacial score (nSPS) is 18.2. The lowest BCUT2D eigenvalue weighted by atomic mass is 9.99. The molecule has 0 unspecified atom stereocenters. The molecular weight excluding hydrogens is 396 g/mol. The molecule has 1 fully saturated rings. The molecule has 2 aliphatic heterocycles. The van der Waals surface area contributed by atoms with Crippen molar-refractivity contribution in [3.63, 3.8) is 0 Å². The summed E-state index contributed by atoms with van der Waals surface area (Å²) < 4.78 is 10.7. The molecule has 4 rings (SSSR count). The predicted molar refractivity (Wildman–Crippen MR) is 113 cm³/mol. The molecular formula is C24H26N2O5. The highest BCUT2D eigenvalue weighted by Gasteiger charge is 2.33. The highest BCUT2D eigenvalue weighted by molar-refractivity contribution is 6.15. The standard InChI is InChI=1S/C24H26N2O5/c1-15-12-19(27)18(14-26-10-8-25(2)9-11-26)23-21(15)22(28)20(31-23)13-16-4-6-17(7-5-16)24(29)30-3/h4-7,12-13,27H,8-11,14H2,1-3H3. The smallest absolute Gasteiger partial charge is 0.337 e. The number of nitrogens with one attached hydrogen (secondary N) is 1. The molecule has 2 aromatic carbocycles. The Morgan fingerprint density at radius 2 is 1.94 bits per heavy atom. The van der Waals surface area contributed by atoms with E-state index >= 15 is 0 Å². The third kappa shape index (κ3) is 4.19. The van der Waals surface area contributed by atoms with Gasteiger partial charge in [0.05, 0.1) is 31.3 Å². The molecule has 7 nitrogen and oxygen atoms in total. The molecule has 2 heterocycles. The maximum absolute atomic E-state index is 13.1. The number of ketones is 1. The third-order valence-corrected chi connectivity index (χ3v) is 5.95. The maximum Gasteiger partial charge on any atom is 0.337 e. The van der Waals surface area contributed by atoms with E-state index in [1.54, 1.807) is 43.3 Å². The van der Waals surface area contributed by atoms with Gasteiger partial charge in [-0.25, -0.2) is 4.79 Å². The number of hydrogen-bond donors (Lipinski definition) is 1. The van der Waals surface area contributed by atoms with Crippen LogP contribution in [0.15, 0.2) is 36.1 Å². The number of nitrogens with zero attached hydrogens (tertiary/aromatic N) is 1. The molecule has 2 aliphatic rings. The Bertz CT molecular complexity index is 1050. The number of carbonyl (C=O) groups excluding carboxylic acids is 2. The number of allylic oxidation sites excluding steroid dienone is 1. The number of rotatable bonds is 4. The monoisotopic (exact) mass is 422 g/mol. The van der Waals surface area contributed by atoms with Crippen LogP contribution in [0.25, 0.3) is 6.08 Å². The molecule has 2 aromatic rings. The van der Waals surface area contributed by atoms with E-state index in [-0.39, 0.29) is 17.3 Å². The van der Waals surface area contributed by atoms with Gasteiger partial charge in [0.2, 0.25) is 5.78 Å². The fraction of sp³-hybridized carbons (Fsp3) is 0.333. The molecule has 1 N–H and O–H groups in total. The highest BCUT2D eigenvalue weighted by atomic mass is 16.5. The fourth-order valence-electron chi connectivity index (χ4n) is 4.08. The van der Waals surface area contributed by atoms with Gasteiger partial charge in [0.1, 0.15) is 12.3 Å². The number of fused-ring (bicyclic) bond motifs is 1. The molecule has 0 saturated carbocycles. The molecule has 1 saturated heterocycles. The van der Waals surface area contributed by atoms with E-state index < -0.39 is 5.97 Å². The summed E-state index contributed by atoms with van der Waals surface area (Å²) in [5.74, 6) is -0.143. The molecule has 0 bridgehead atoms. The second kappa shape index (κ2) is 8.53. The quantitative estimate of drug-likeness (QED) is 0.580. The number of aryl methyl sites for hydroxylation is 1. The Hall–Kier alpha value is -3.16.